The van der Waals surface area contributed by atoms with Gasteiger partial charge in [-0.25, -0.2) is 4.79 Å². The largest absolute Gasteiger partial charge is 0.694 e. The third kappa shape index (κ3) is 27.8. The SMILES string of the molecule is CCCCCCCCCCCCCCCC(=O)C(O[C@@](C)(N)C(=O)N[C@H](CCC(=O)N(CC(C)O[C@@H]1[C@@H](N)[C@@H](O)O[C@H](CO)[C@H]1O)[C@](C)(C(C)=O)C(=O)O)C(N)=O)(C(=O)C(CCCCCCCCCCCCCC)NCCO[P+](=O)O)[C@@H](O)CO. The zero-order valence-corrected chi connectivity index (χ0v) is 52.8. The van der Waals surface area contributed by atoms with Gasteiger partial charge in [-0.2, -0.15) is 0 Å². The second kappa shape index (κ2) is 43.2. The van der Waals surface area contributed by atoms with Crippen LogP contribution in [0.25, 0.3) is 0 Å². The van der Waals surface area contributed by atoms with Crippen molar-refractivity contribution in [3.8, 4) is 0 Å². The van der Waals surface area contributed by atoms with Gasteiger partial charge in [0.2, 0.25) is 17.4 Å². The normalized spacial score (nSPS) is 20.9. The van der Waals surface area contributed by atoms with Gasteiger partial charge in [-0.05, 0) is 47.0 Å². The van der Waals surface area contributed by atoms with Gasteiger partial charge < -0.3 is 71.9 Å². The number of nitrogens with two attached hydrogens (primary N) is 3. The number of carboxylic acid groups (broad SMARTS) is 1. The van der Waals surface area contributed by atoms with E-state index in [0.717, 1.165) is 85.0 Å². The van der Waals surface area contributed by atoms with Gasteiger partial charge >= 0.3 is 14.2 Å². The second-order valence-electron chi connectivity index (χ2n) is 23.3. The number of rotatable bonds is 53. The van der Waals surface area contributed by atoms with Crippen molar-refractivity contribution in [1.29, 1.82) is 0 Å². The van der Waals surface area contributed by atoms with E-state index in [2.05, 4.69) is 24.5 Å². The monoisotopic (exact) mass is 1240 g/mol. The Balaban J connectivity index is 3.59. The van der Waals surface area contributed by atoms with Crippen LogP contribution >= 0.6 is 8.25 Å². The molecule has 26 heteroatoms. The molecule has 0 radical (unpaired) electrons. The number of amides is 3. The van der Waals surface area contributed by atoms with E-state index in [1.807, 2.05) is 0 Å². The number of ketones is 3. The Hall–Kier alpha value is -3.53. The van der Waals surface area contributed by atoms with Gasteiger partial charge in [-0.3, -0.25) is 34.5 Å². The highest BCUT2D eigenvalue weighted by Crippen LogP contribution is 2.32. The Morgan fingerprint density at radius 2 is 1.22 bits per heavy atom. The molecule has 1 aliphatic rings. The summed E-state index contributed by atoms with van der Waals surface area (Å²) in [6.45, 7) is 5.32. The van der Waals surface area contributed by atoms with Crippen LogP contribution in [0.5, 0.6) is 0 Å². The minimum atomic E-state index is -3.04. The molecule has 4 unspecified atom stereocenters. The van der Waals surface area contributed by atoms with Gasteiger partial charge in [0.25, 0.3) is 5.91 Å². The smallest absolute Gasteiger partial charge is 0.479 e. The fraction of sp³-hybridized carbons (Fsp3) is 0.881. The van der Waals surface area contributed by atoms with Crippen LogP contribution in [-0.2, 0) is 56.9 Å². The fourth-order valence-corrected chi connectivity index (χ4v) is 10.9. The number of primary amides is 1. The van der Waals surface area contributed by atoms with Crippen LogP contribution in [0.3, 0.4) is 0 Å². The summed E-state index contributed by atoms with van der Waals surface area (Å²) in [4.78, 5) is 108. The molecule has 1 fully saturated rings. The van der Waals surface area contributed by atoms with Crippen LogP contribution in [-0.4, -0.2) is 186 Å². The predicted molar refractivity (Wildman–Crippen MR) is 318 cm³/mol. The number of Topliss-reactive ketones (excluding diaryl/α,β-unsaturated/α-hetero) is 3. The molecule has 85 heavy (non-hydrogen) atoms. The molecule has 1 rings (SSSR count). The average molecular weight is 1240 g/mol. The van der Waals surface area contributed by atoms with Gasteiger partial charge in [-0.15, -0.1) is 9.42 Å². The zero-order valence-electron chi connectivity index (χ0n) is 51.9. The number of aliphatic hydroxyl groups is 5. The summed E-state index contributed by atoms with van der Waals surface area (Å²) in [5.74, 6) is -8.60. The molecular weight excluding hydrogens is 1130 g/mol. The maximum atomic E-state index is 15.3. The van der Waals surface area contributed by atoms with Crippen LogP contribution in [0.4, 0.5) is 0 Å². The summed E-state index contributed by atoms with van der Waals surface area (Å²) in [7, 11) is -3.02. The molecule has 0 spiro atoms. The van der Waals surface area contributed by atoms with Crippen molar-refractivity contribution in [2.45, 2.75) is 300 Å². The molecule has 494 valence electrons. The third-order valence-corrected chi connectivity index (χ3v) is 16.5. The summed E-state index contributed by atoms with van der Waals surface area (Å²) in [5.41, 5.74) is 9.91. The minimum Gasteiger partial charge on any atom is -0.479 e. The fourth-order valence-electron chi connectivity index (χ4n) is 10.6. The Kier molecular flexibility index (Phi) is 40.4. The molecule has 0 aromatic rings. The van der Waals surface area contributed by atoms with Gasteiger partial charge in [0, 0.05) is 30.5 Å². The molecule has 0 aromatic carbocycles. The molecule has 3 amide bonds. The van der Waals surface area contributed by atoms with Gasteiger partial charge in [-0.1, -0.05) is 168 Å². The second-order valence-corrected chi connectivity index (χ2v) is 24.0. The van der Waals surface area contributed by atoms with E-state index in [1.165, 1.54) is 77.6 Å². The van der Waals surface area contributed by atoms with Crippen LogP contribution in [0.1, 0.15) is 228 Å². The Morgan fingerprint density at radius 3 is 1.66 bits per heavy atom. The first-order valence-electron chi connectivity index (χ1n) is 31.3. The maximum absolute atomic E-state index is 15.3. The molecule has 25 nitrogen and oxygen atoms in total. The molecule has 0 saturated carbocycles. The van der Waals surface area contributed by atoms with Crippen molar-refractivity contribution >= 4 is 49.3 Å². The van der Waals surface area contributed by atoms with E-state index in [4.69, 9.17) is 35.9 Å². The van der Waals surface area contributed by atoms with Crippen molar-refractivity contribution < 1.29 is 92.4 Å². The lowest BCUT2D eigenvalue weighted by Gasteiger charge is -2.43. The van der Waals surface area contributed by atoms with Crippen molar-refractivity contribution in [3.05, 3.63) is 0 Å². The zero-order chi connectivity index (χ0) is 64.2. The first kappa shape index (κ1) is 79.5. The maximum Gasteiger partial charge on any atom is 0.694 e. The van der Waals surface area contributed by atoms with Gasteiger partial charge in [0.1, 0.15) is 37.1 Å². The summed E-state index contributed by atoms with van der Waals surface area (Å²) in [6, 6.07) is -4.54. The minimum absolute atomic E-state index is 0.0485. The van der Waals surface area contributed by atoms with Gasteiger partial charge in [0.15, 0.2) is 34.9 Å². The van der Waals surface area contributed by atoms with Crippen molar-refractivity contribution in [1.82, 2.24) is 15.5 Å². The Bertz CT molecular complexity index is 1980. The van der Waals surface area contributed by atoms with Crippen molar-refractivity contribution in [2.24, 2.45) is 17.2 Å². The number of hydrogen-bond acceptors (Lipinski definition) is 20. The molecule has 0 aliphatic carbocycles. The lowest BCUT2D eigenvalue weighted by Crippen LogP contribution is -2.70. The summed E-state index contributed by atoms with van der Waals surface area (Å²) in [5, 5.41) is 68.8. The number of carbonyl (C=O) groups is 7. The number of ether oxygens (including phenoxy) is 3. The molecule has 0 bridgehead atoms. The summed E-state index contributed by atoms with van der Waals surface area (Å²) >= 11 is 0. The molecule has 15 N–H and O–H groups in total. The van der Waals surface area contributed by atoms with E-state index in [0.29, 0.717) is 24.2 Å². The number of aliphatic carboxylic acids is 1. The van der Waals surface area contributed by atoms with Crippen LogP contribution < -0.4 is 27.8 Å². The Labute approximate surface area is 505 Å². The number of carbonyl (C=O) groups excluding carboxylic acids is 6. The number of nitrogens with one attached hydrogen (secondary N) is 2. The first-order valence-corrected chi connectivity index (χ1v) is 32.4. The number of aliphatic hydroxyl groups excluding tert-OH is 5. The van der Waals surface area contributed by atoms with E-state index in [1.54, 1.807) is 0 Å². The highest BCUT2D eigenvalue weighted by atomic mass is 31.1. The van der Waals surface area contributed by atoms with E-state index in [9.17, 15) is 68.9 Å². The Morgan fingerprint density at radius 1 is 0.741 bits per heavy atom. The van der Waals surface area contributed by atoms with E-state index in [-0.39, 0.29) is 32.4 Å². The topological polar surface area (TPSA) is 420 Å². The van der Waals surface area contributed by atoms with Crippen LogP contribution in [0, 0.1) is 0 Å². The van der Waals surface area contributed by atoms with Gasteiger partial charge in [0.05, 0.1) is 31.4 Å². The van der Waals surface area contributed by atoms with Crippen molar-refractivity contribution in [2.75, 3.05) is 32.9 Å². The number of hydrogen-bond donors (Lipinski definition) is 12. The van der Waals surface area contributed by atoms with E-state index >= 15 is 4.79 Å². The number of unbranched alkanes of at least 4 members (excludes halogenated alkanes) is 23. The van der Waals surface area contributed by atoms with Crippen LogP contribution in [0.15, 0.2) is 0 Å². The average Bonchev–Trinajstić information content (AvgIpc) is 1.21. The van der Waals surface area contributed by atoms with Crippen molar-refractivity contribution in [3.63, 3.8) is 0 Å². The molecule has 0 aromatic heterocycles. The highest BCUT2D eigenvalue weighted by molar-refractivity contribution is 7.32. The lowest BCUT2D eigenvalue weighted by atomic mass is 9.79. The standard InChI is InChI=1S/C59H109N6O19P/c1-7-9-11-13-15-17-19-21-23-25-27-29-31-33-46(69)59(47(70)40-67,52(73)43(63-36-37-81-85(79)80)32-30-28-26-24-22-20-18-16-14-12-10-8-2)84-58(6,62)55(76)64-44(53(61)74)34-35-48(71)65(57(5,42(4)68)56(77)78)38-41(3)82-51-49(60)54(75)83-45(39-66)50(51)72/h41,43-45,47,49-51,54,63,66-67,70,72,75H,7-40,60,62H2,1-6H3,(H4-,61,64,74,76,77,78,79,80)/p+1/t41?,43?,44-,45-,47+,49-,50-,51-,54+,57-,58-,59?/m1/s1. The molecule has 13 atom stereocenters. The lowest BCUT2D eigenvalue weighted by molar-refractivity contribution is -0.263. The number of carboxylic acids is 1. The highest BCUT2D eigenvalue weighted by Gasteiger charge is 2.58. The van der Waals surface area contributed by atoms with Crippen LogP contribution in [0.2, 0.25) is 0 Å². The first-order chi connectivity index (χ1) is 40.2. The number of nitrogens with zero attached hydrogens (tertiary/aromatic N) is 1. The summed E-state index contributed by atoms with van der Waals surface area (Å²) in [6.07, 6.45) is 13.6. The molecule has 1 saturated heterocycles. The predicted octanol–water partition coefficient (Wildman–Crippen LogP) is 4.29. The quantitative estimate of drug-likeness (QED) is 0.0175. The summed E-state index contributed by atoms with van der Waals surface area (Å²) < 4.78 is 33.4. The molecule has 1 heterocycles. The molecular formula is C59H110N6O19P+. The third-order valence-electron chi connectivity index (χ3n) is 16.1. The molecule has 1 aliphatic heterocycles. The van der Waals surface area contributed by atoms with E-state index < -0.39 is 154 Å².